The predicted octanol–water partition coefficient (Wildman–Crippen LogP) is 1.45. The van der Waals surface area contributed by atoms with Crippen LogP contribution in [0, 0.1) is 11.3 Å². The van der Waals surface area contributed by atoms with Gasteiger partial charge in [-0.15, -0.1) is 0 Å². The predicted molar refractivity (Wildman–Crippen MR) is 105 cm³/mol. The summed E-state index contributed by atoms with van der Waals surface area (Å²) in [5.74, 6) is -1.81. The molecule has 0 radical (unpaired) electrons. The molecule has 0 unspecified atom stereocenters. The summed E-state index contributed by atoms with van der Waals surface area (Å²) in [6.07, 6.45) is 0.179. The van der Waals surface area contributed by atoms with Crippen LogP contribution in [-0.4, -0.2) is 40.8 Å². The van der Waals surface area contributed by atoms with Gasteiger partial charge in [0, 0.05) is 6.54 Å². The highest BCUT2D eigenvalue weighted by Gasteiger charge is 2.18. The zero-order valence-corrected chi connectivity index (χ0v) is 16.7. The minimum absolute atomic E-state index is 0.0667. The smallest absolute Gasteiger partial charge is 0.235 e. The Labute approximate surface area is 164 Å². The summed E-state index contributed by atoms with van der Waals surface area (Å²) in [5.41, 5.74) is 0.908. The Morgan fingerprint density at radius 2 is 1.61 bits per heavy atom. The van der Waals surface area contributed by atoms with Crippen molar-refractivity contribution >= 4 is 25.6 Å². The summed E-state index contributed by atoms with van der Waals surface area (Å²) in [6, 6.07) is 16.0. The van der Waals surface area contributed by atoms with Crippen molar-refractivity contribution in [2.75, 3.05) is 18.1 Å². The van der Waals surface area contributed by atoms with Crippen molar-refractivity contribution in [1.82, 2.24) is 5.32 Å². The Hall–Kier alpha value is -2.70. The Morgan fingerprint density at radius 1 is 0.964 bits per heavy atom. The Balaban J connectivity index is 1.79. The van der Waals surface area contributed by atoms with Crippen LogP contribution in [0.15, 0.2) is 59.5 Å². The third-order valence-corrected chi connectivity index (χ3v) is 7.13. The lowest BCUT2D eigenvalue weighted by molar-refractivity contribution is -0.118. The topological polar surface area (TPSA) is 121 Å². The van der Waals surface area contributed by atoms with Gasteiger partial charge in [0.1, 0.15) is 5.75 Å². The maximum atomic E-state index is 12.1. The van der Waals surface area contributed by atoms with E-state index in [-0.39, 0.29) is 29.4 Å². The van der Waals surface area contributed by atoms with E-state index < -0.39 is 31.3 Å². The second kappa shape index (κ2) is 9.48. The van der Waals surface area contributed by atoms with Gasteiger partial charge in [0.05, 0.1) is 28.0 Å². The van der Waals surface area contributed by atoms with Crippen LogP contribution in [0.5, 0.6) is 0 Å². The van der Waals surface area contributed by atoms with Crippen LogP contribution >= 0.6 is 0 Å². The summed E-state index contributed by atoms with van der Waals surface area (Å²) in [5, 5.41) is 11.2. The van der Waals surface area contributed by atoms with Crippen LogP contribution in [0.3, 0.4) is 0 Å². The molecule has 0 saturated carbocycles. The first-order chi connectivity index (χ1) is 13.2. The van der Waals surface area contributed by atoms with Crippen molar-refractivity contribution < 1.29 is 21.6 Å². The van der Waals surface area contributed by atoms with Crippen LogP contribution in [0.25, 0.3) is 0 Å². The van der Waals surface area contributed by atoms with Crippen LogP contribution in [0.4, 0.5) is 0 Å². The van der Waals surface area contributed by atoms with E-state index in [1.54, 1.807) is 18.2 Å². The van der Waals surface area contributed by atoms with E-state index >= 15 is 0 Å². The van der Waals surface area contributed by atoms with E-state index in [0.29, 0.717) is 11.1 Å². The lowest BCUT2D eigenvalue weighted by atomic mass is 10.2. The molecule has 0 aromatic heterocycles. The molecule has 0 bridgehead atoms. The Kier molecular flexibility index (Phi) is 7.31. The zero-order chi connectivity index (χ0) is 20.6. The quantitative estimate of drug-likeness (QED) is 0.613. The standard InChI is InChI=1S/C19H20N2O5S2/c20-13-16-7-9-17(10-8-16)14-27(23,24)15-19(22)21-11-4-12-28(25,26)18-5-2-1-3-6-18/h1-3,5-10H,4,11-12,14-15H2,(H,21,22). The number of carbonyl (C=O) groups is 1. The molecule has 9 heteroatoms. The van der Waals surface area contributed by atoms with Gasteiger partial charge in [-0.05, 0) is 36.2 Å². The number of hydrogen-bond acceptors (Lipinski definition) is 6. The molecule has 7 nitrogen and oxygen atoms in total. The maximum Gasteiger partial charge on any atom is 0.235 e. The highest BCUT2D eigenvalue weighted by molar-refractivity contribution is 7.91. The van der Waals surface area contributed by atoms with Gasteiger partial charge < -0.3 is 5.32 Å². The molecule has 2 aromatic carbocycles. The van der Waals surface area contributed by atoms with E-state index in [2.05, 4.69) is 5.32 Å². The largest absolute Gasteiger partial charge is 0.355 e. The van der Waals surface area contributed by atoms with Gasteiger partial charge in [-0.3, -0.25) is 4.79 Å². The Bertz CT molecular complexity index is 1060. The highest BCUT2D eigenvalue weighted by Crippen LogP contribution is 2.11. The number of sulfone groups is 2. The van der Waals surface area contributed by atoms with E-state index in [1.165, 1.54) is 36.4 Å². The lowest BCUT2D eigenvalue weighted by Gasteiger charge is -2.07. The molecule has 0 fully saturated rings. The maximum absolute atomic E-state index is 12.1. The van der Waals surface area contributed by atoms with Crippen molar-refractivity contribution in [2.24, 2.45) is 0 Å². The number of rotatable bonds is 9. The van der Waals surface area contributed by atoms with E-state index in [0.717, 1.165) is 0 Å². The van der Waals surface area contributed by atoms with Gasteiger partial charge in [-0.1, -0.05) is 30.3 Å². The zero-order valence-electron chi connectivity index (χ0n) is 15.0. The van der Waals surface area contributed by atoms with Gasteiger partial charge in [0.15, 0.2) is 19.7 Å². The molecule has 2 aromatic rings. The summed E-state index contributed by atoms with van der Waals surface area (Å²) in [6.45, 7) is 0.0667. The Morgan fingerprint density at radius 3 is 2.21 bits per heavy atom. The number of hydrogen-bond donors (Lipinski definition) is 1. The number of benzene rings is 2. The normalized spacial score (nSPS) is 11.5. The molecule has 148 valence electrons. The SMILES string of the molecule is N#Cc1ccc(CS(=O)(=O)CC(=O)NCCCS(=O)(=O)c2ccccc2)cc1. The fraction of sp³-hybridized carbons (Fsp3) is 0.263. The molecule has 0 spiro atoms. The fourth-order valence-corrected chi connectivity index (χ4v) is 5.10. The molecular formula is C19H20N2O5S2. The lowest BCUT2D eigenvalue weighted by Crippen LogP contribution is -2.32. The summed E-state index contributed by atoms with van der Waals surface area (Å²) in [7, 11) is -7.11. The van der Waals surface area contributed by atoms with E-state index in [9.17, 15) is 21.6 Å². The monoisotopic (exact) mass is 420 g/mol. The van der Waals surface area contributed by atoms with E-state index in [1.807, 2.05) is 6.07 Å². The first kappa shape index (κ1) is 21.6. The minimum Gasteiger partial charge on any atom is -0.355 e. The first-order valence-electron chi connectivity index (χ1n) is 8.46. The molecule has 0 heterocycles. The van der Waals surface area contributed by atoms with Crippen LogP contribution in [0.2, 0.25) is 0 Å². The van der Waals surface area contributed by atoms with Crippen molar-refractivity contribution in [3.63, 3.8) is 0 Å². The van der Waals surface area contributed by atoms with Crippen molar-refractivity contribution in [2.45, 2.75) is 17.1 Å². The molecular weight excluding hydrogens is 400 g/mol. The molecule has 1 N–H and O–H groups in total. The number of nitrogens with one attached hydrogen (secondary N) is 1. The molecule has 0 aliphatic rings. The second-order valence-corrected chi connectivity index (χ2v) is 10.4. The molecule has 28 heavy (non-hydrogen) atoms. The summed E-state index contributed by atoms with van der Waals surface area (Å²) in [4.78, 5) is 12.1. The number of nitriles is 1. The second-order valence-electron chi connectivity index (χ2n) is 6.18. The number of nitrogens with zero attached hydrogens (tertiary/aromatic N) is 1. The van der Waals surface area contributed by atoms with E-state index in [4.69, 9.17) is 5.26 Å². The molecule has 1 amide bonds. The van der Waals surface area contributed by atoms with Gasteiger partial charge in [0.2, 0.25) is 5.91 Å². The van der Waals surface area contributed by atoms with Crippen molar-refractivity contribution in [3.05, 3.63) is 65.7 Å². The van der Waals surface area contributed by atoms with Crippen LogP contribution < -0.4 is 5.32 Å². The molecule has 0 aliphatic heterocycles. The van der Waals surface area contributed by atoms with Gasteiger partial charge >= 0.3 is 0 Å². The van der Waals surface area contributed by atoms with Gasteiger partial charge in [-0.25, -0.2) is 16.8 Å². The van der Waals surface area contributed by atoms with Crippen molar-refractivity contribution in [1.29, 1.82) is 5.26 Å². The summed E-state index contributed by atoms with van der Waals surface area (Å²) >= 11 is 0. The van der Waals surface area contributed by atoms with Gasteiger partial charge in [-0.2, -0.15) is 5.26 Å². The molecule has 2 rings (SSSR count). The number of carbonyl (C=O) groups excluding carboxylic acids is 1. The van der Waals surface area contributed by atoms with Crippen LogP contribution in [0.1, 0.15) is 17.5 Å². The summed E-state index contributed by atoms with van der Waals surface area (Å²) < 4.78 is 48.5. The van der Waals surface area contributed by atoms with Gasteiger partial charge in [0.25, 0.3) is 0 Å². The third-order valence-electron chi connectivity index (χ3n) is 3.83. The first-order valence-corrected chi connectivity index (χ1v) is 11.9. The molecule has 0 aliphatic carbocycles. The molecule has 0 atom stereocenters. The number of amides is 1. The highest BCUT2D eigenvalue weighted by atomic mass is 32.2. The average molecular weight is 421 g/mol. The molecule has 0 saturated heterocycles. The average Bonchev–Trinajstić information content (AvgIpc) is 2.66. The van der Waals surface area contributed by atoms with Crippen molar-refractivity contribution in [3.8, 4) is 6.07 Å². The minimum atomic E-state index is -3.68. The fourth-order valence-electron chi connectivity index (χ4n) is 2.47. The third kappa shape index (κ3) is 6.79. The van der Waals surface area contributed by atoms with Crippen LogP contribution in [-0.2, 0) is 30.2 Å².